The van der Waals surface area contributed by atoms with E-state index >= 15 is 0 Å². The molecule has 1 N–H and O–H groups in total. The van der Waals surface area contributed by atoms with E-state index in [9.17, 15) is 0 Å². The summed E-state index contributed by atoms with van der Waals surface area (Å²) in [5.74, 6) is 1.44. The van der Waals surface area contributed by atoms with E-state index in [4.69, 9.17) is 16.6 Å². The maximum atomic E-state index is 6.03. The van der Waals surface area contributed by atoms with Crippen molar-refractivity contribution in [2.24, 2.45) is 0 Å². The van der Waals surface area contributed by atoms with Crippen molar-refractivity contribution < 1.29 is 0 Å². The predicted octanol–water partition coefficient (Wildman–Crippen LogP) is 5.38. The Hall–Kier alpha value is -2.07. The lowest BCUT2D eigenvalue weighted by atomic mass is 10.0. The van der Waals surface area contributed by atoms with E-state index in [0.29, 0.717) is 11.1 Å². The maximum absolute atomic E-state index is 6.03. The van der Waals surface area contributed by atoms with E-state index in [-0.39, 0.29) is 5.54 Å². The molecule has 0 aliphatic heterocycles. The molecule has 3 aromatic rings. The first-order chi connectivity index (χ1) is 11.2. The number of nitrogens with one attached hydrogen (secondary N) is 1. The van der Waals surface area contributed by atoms with Crippen molar-refractivity contribution >= 4 is 23.1 Å². The molecule has 2 aromatic heterocycles. The fourth-order valence-electron chi connectivity index (χ4n) is 2.63. The van der Waals surface area contributed by atoms with E-state index in [2.05, 4.69) is 69.2 Å². The number of nitrogens with zero attached hydrogens (tertiary/aromatic N) is 3. The molecule has 24 heavy (non-hydrogen) atoms. The van der Waals surface area contributed by atoms with Gasteiger partial charge >= 0.3 is 0 Å². The van der Waals surface area contributed by atoms with Crippen molar-refractivity contribution in [2.75, 3.05) is 5.32 Å². The third-order valence-electron chi connectivity index (χ3n) is 3.83. The fourth-order valence-corrected chi connectivity index (χ4v) is 2.77. The Morgan fingerprint density at radius 1 is 1.12 bits per heavy atom. The van der Waals surface area contributed by atoms with Crippen LogP contribution in [0.2, 0.25) is 5.15 Å². The zero-order valence-corrected chi connectivity index (χ0v) is 15.5. The highest BCUT2D eigenvalue weighted by Crippen LogP contribution is 2.32. The summed E-state index contributed by atoms with van der Waals surface area (Å²) < 4.78 is 1.95. The van der Waals surface area contributed by atoms with Crippen LogP contribution in [0, 0.1) is 0 Å². The second-order valence-electron chi connectivity index (χ2n) is 7.40. The minimum absolute atomic E-state index is 0.0950. The van der Waals surface area contributed by atoms with E-state index in [1.54, 1.807) is 12.4 Å². The van der Waals surface area contributed by atoms with Gasteiger partial charge in [0.05, 0.1) is 0 Å². The highest BCUT2D eigenvalue weighted by atomic mass is 35.5. The summed E-state index contributed by atoms with van der Waals surface area (Å²) >= 11 is 6.03. The topological polar surface area (TPSA) is 42.2 Å². The quantitative estimate of drug-likeness (QED) is 0.649. The summed E-state index contributed by atoms with van der Waals surface area (Å²) in [5.41, 5.74) is 3.99. The van der Waals surface area contributed by atoms with Crippen LogP contribution in [0.15, 0.2) is 36.7 Å². The summed E-state index contributed by atoms with van der Waals surface area (Å²) in [6.07, 6.45) is 1.71. The number of fused-ring (bicyclic) bond motifs is 1. The van der Waals surface area contributed by atoms with Gasteiger partial charge < -0.3 is 5.32 Å². The monoisotopic (exact) mass is 342 g/mol. The number of benzene rings is 1. The molecule has 3 rings (SSSR count). The van der Waals surface area contributed by atoms with Gasteiger partial charge in [-0.3, -0.25) is 4.40 Å². The molecule has 0 aliphatic carbocycles. The van der Waals surface area contributed by atoms with Gasteiger partial charge in [0, 0.05) is 17.2 Å². The van der Waals surface area contributed by atoms with Crippen LogP contribution in [0.3, 0.4) is 0 Å². The zero-order valence-electron chi connectivity index (χ0n) is 14.8. The molecule has 0 saturated heterocycles. The van der Waals surface area contributed by atoms with Crippen molar-refractivity contribution in [3.05, 3.63) is 47.4 Å². The molecule has 0 fully saturated rings. The standard InChI is InChI=1S/C19H23ClN4/c1-12(2)13-6-8-14(9-7-13)17-18(23-19(3,4)5)24-11-21-15(20)10-16(24)22-17/h6-12,23H,1-5H3. The summed E-state index contributed by atoms with van der Waals surface area (Å²) in [5, 5.41) is 3.99. The molecule has 0 radical (unpaired) electrons. The third-order valence-corrected chi connectivity index (χ3v) is 4.03. The van der Waals surface area contributed by atoms with Crippen LogP contribution in [0.1, 0.15) is 46.1 Å². The summed E-state index contributed by atoms with van der Waals surface area (Å²) in [6.45, 7) is 10.8. The summed E-state index contributed by atoms with van der Waals surface area (Å²) in [4.78, 5) is 8.97. The molecule has 5 heteroatoms. The first kappa shape index (κ1) is 16.8. The molecule has 4 nitrogen and oxygen atoms in total. The Kier molecular flexibility index (Phi) is 4.26. The normalized spacial score (nSPS) is 12.1. The highest BCUT2D eigenvalue weighted by Gasteiger charge is 2.19. The Balaban J connectivity index is 2.16. The highest BCUT2D eigenvalue weighted by molar-refractivity contribution is 6.29. The largest absolute Gasteiger partial charge is 0.365 e. The minimum atomic E-state index is -0.0950. The Bertz CT molecular complexity index is 857. The van der Waals surface area contributed by atoms with Crippen molar-refractivity contribution in [2.45, 2.75) is 46.1 Å². The SMILES string of the molecule is CC(C)c1ccc(-c2nc3cc(Cl)ncn3c2NC(C)(C)C)cc1. The van der Waals surface area contributed by atoms with Gasteiger partial charge in [-0.1, -0.05) is 49.7 Å². The molecule has 0 saturated carbocycles. The van der Waals surface area contributed by atoms with Gasteiger partial charge in [-0.15, -0.1) is 0 Å². The molecule has 0 unspecified atom stereocenters. The Morgan fingerprint density at radius 2 is 1.79 bits per heavy atom. The molecule has 2 heterocycles. The molecule has 0 bridgehead atoms. The summed E-state index contributed by atoms with van der Waals surface area (Å²) in [6, 6.07) is 10.4. The lowest BCUT2D eigenvalue weighted by Gasteiger charge is -2.22. The van der Waals surface area contributed by atoms with Crippen LogP contribution in [0.25, 0.3) is 16.9 Å². The summed E-state index contributed by atoms with van der Waals surface area (Å²) in [7, 11) is 0. The molecular weight excluding hydrogens is 320 g/mol. The molecule has 0 amide bonds. The van der Waals surface area contributed by atoms with Crippen LogP contribution in [-0.4, -0.2) is 19.9 Å². The van der Waals surface area contributed by atoms with E-state index in [1.807, 2.05) is 4.40 Å². The first-order valence-electron chi connectivity index (χ1n) is 8.17. The van der Waals surface area contributed by atoms with Crippen molar-refractivity contribution in [3.63, 3.8) is 0 Å². The van der Waals surface area contributed by atoms with E-state index < -0.39 is 0 Å². The second-order valence-corrected chi connectivity index (χ2v) is 7.79. The van der Waals surface area contributed by atoms with E-state index in [1.165, 1.54) is 5.56 Å². The van der Waals surface area contributed by atoms with Crippen LogP contribution < -0.4 is 5.32 Å². The number of anilines is 1. The van der Waals surface area contributed by atoms with Gasteiger partial charge in [-0.05, 0) is 32.3 Å². The third kappa shape index (κ3) is 3.39. The number of rotatable bonds is 3. The molecule has 0 spiro atoms. The van der Waals surface area contributed by atoms with Gasteiger partial charge in [-0.25, -0.2) is 9.97 Å². The molecule has 126 valence electrons. The van der Waals surface area contributed by atoms with Crippen LogP contribution >= 0.6 is 11.6 Å². The first-order valence-corrected chi connectivity index (χ1v) is 8.54. The average molecular weight is 343 g/mol. The van der Waals surface area contributed by atoms with Crippen LogP contribution in [-0.2, 0) is 0 Å². The number of hydrogen-bond acceptors (Lipinski definition) is 3. The van der Waals surface area contributed by atoms with Gasteiger partial charge in [0.25, 0.3) is 0 Å². The maximum Gasteiger partial charge on any atom is 0.143 e. The molecule has 0 atom stereocenters. The Morgan fingerprint density at radius 3 is 2.38 bits per heavy atom. The van der Waals surface area contributed by atoms with Gasteiger partial charge in [-0.2, -0.15) is 0 Å². The number of aromatic nitrogens is 3. The number of imidazole rings is 1. The predicted molar refractivity (Wildman–Crippen MR) is 101 cm³/mol. The van der Waals surface area contributed by atoms with Crippen LogP contribution in [0.5, 0.6) is 0 Å². The Labute approximate surface area is 147 Å². The minimum Gasteiger partial charge on any atom is -0.365 e. The zero-order chi connectivity index (χ0) is 17.5. The molecular formula is C19H23ClN4. The number of halogens is 1. The lowest BCUT2D eigenvalue weighted by Crippen LogP contribution is -2.27. The van der Waals surface area contributed by atoms with Crippen molar-refractivity contribution in [1.82, 2.24) is 14.4 Å². The number of hydrogen-bond donors (Lipinski definition) is 1. The van der Waals surface area contributed by atoms with Gasteiger partial charge in [0.15, 0.2) is 0 Å². The smallest absolute Gasteiger partial charge is 0.143 e. The van der Waals surface area contributed by atoms with Crippen molar-refractivity contribution in [3.8, 4) is 11.3 Å². The fraction of sp³-hybridized carbons (Fsp3) is 0.368. The lowest BCUT2D eigenvalue weighted by molar-refractivity contribution is 0.629. The van der Waals surface area contributed by atoms with Crippen LogP contribution in [0.4, 0.5) is 5.82 Å². The van der Waals surface area contributed by atoms with E-state index in [0.717, 1.165) is 22.7 Å². The van der Waals surface area contributed by atoms with Gasteiger partial charge in [0.2, 0.25) is 0 Å². The molecule has 1 aromatic carbocycles. The van der Waals surface area contributed by atoms with Crippen molar-refractivity contribution in [1.29, 1.82) is 0 Å². The average Bonchev–Trinajstić information content (AvgIpc) is 2.83. The van der Waals surface area contributed by atoms with Gasteiger partial charge in [0.1, 0.15) is 28.6 Å². The second kappa shape index (κ2) is 6.10. The molecule has 0 aliphatic rings.